The fourth-order valence-electron chi connectivity index (χ4n) is 2.22. The molecule has 0 saturated carbocycles. The van der Waals surface area contributed by atoms with E-state index < -0.39 is 24.1 Å². The minimum atomic E-state index is -0.945. The third kappa shape index (κ3) is 5.59. The van der Waals surface area contributed by atoms with E-state index in [9.17, 15) is 9.59 Å². The number of halogens is 1. The molecule has 138 valence electrons. The van der Waals surface area contributed by atoms with Gasteiger partial charge in [-0.2, -0.15) is 0 Å². The number of carbonyl (C=O) groups excluding carboxylic acids is 2. The molecule has 2 aromatic carbocycles. The molecule has 6 heteroatoms. The summed E-state index contributed by atoms with van der Waals surface area (Å²) < 4.78 is 11.6. The molecule has 2 atom stereocenters. The second kappa shape index (κ2) is 8.85. The van der Waals surface area contributed by atoms with E-state index in [1.165, 1.54) is 6.92 Å². The van der Waals surface area contributed by atoms with Crippen molar-refractivity contribution in [3.63, 3.8) is 0 Å². The number of esters is 1. The number of amides is 1. The van der Waals surface area contributed by atoms with Crippen LogP contribution in [0.5, 0.6) is 5.75 Å². The minimum absolute atomic E-state index is 0.411. The molecule has 0 spiro atoms. The Morgan fingerprint density at radius 2 is 1.69 bits per heavy atom. The van der Waals surface area contributed by atoms with E-state index in [4.69, 9.17) is 9.47 Å². The van der Waals surface area contributed by atoms with Gasteiger partial charge in [0.2, 0.25) is 0 Å². The van der Waals surface area contributed by atoms with E-state index >= 15 is 0 Å². The van der Waals surface area contributed by atoms with Gasteiger partial charge in [-0.15, -0.1) is 0 Å². The molecule has 5 nitrogen and oxygen atoms in total. The second-order valence-corrected chi connectivity index (χ2v) is 6.98. The molecule has 1 N–H and O–H groups in total. The van der Waals surface area contributed by atoms with E-state index in [1.807, 2.05) is 44.2 Å². The number of anilines is 1. The van der Waals surface area contributed by atoms with E-state index in [0.717, 1.165) is 15.6 Å². The summed E-state index contributed by atoms with van der Waals surface area (Å²) in [7, 11) is 0. The van der Waals surface area contributed by atoms with E-state index in [-0.39, 0.29) is 0 Å². The first kappa shape index (κ1) is 20.0. The van der Waals surface area contributed by atoms with Crippen molar-refractivity contribution in [2.75, 3.05) is 5.32 Å². The lowest BCUT2D eigenvalue weighted by Crippen LogP contribution is -2.35. The van der Waals surface area contributed by atoms with Crippen LogP contribution in [0.3, 0.4) is 0 Å². The van der Waals surface area contributed by atoms with Gasteiger partial charge in [0, 0.05) is 4.47 Å². The van der Waals surface area contributed by atoms with Gasteiger partial charge in [-0.1, -0.05) is 18.2 Å². The van der Waals surface area contributed by atoms with Gasteiger partial charge < -0.3 is 14.8 Å². The maximum Gasteiger partial charge on any atom is 0.347 e. The number of carbonyl (C=O) groups is 2. The molecule has 0 saturated heterocycles. The van der Waals surface area contributed by atoms with Gasteiger partial charge in [-0.05, 0) is 79.0 Å². The second-order valence-electron chi connectivity index (χ2n) is 6.13. The van der Waals surface area contributed by atoms with Crippen LogP contribution in [0.1, 0.15) is 25.0 Å². The molecule has 0 aromatic heterocycles. The largest absolute Gasteiger partial charge is 0.479 e. The molecular formula is C20H22BrNO4. The summed E-state index contributed by atoms with van der Waals surface area (Å²) in [5.74, 6) is -0.432. The van der Waals surface area contributed by atoms with Gasteiger partial charge >= 0.3 is 5.97 Å². The lowest BCUT2D eigenvalue weighted by Gasteiger charge is -2.18. The zero-order valence-electron chi connectivity index (χ0n) is 15.2. The topological polar surface area (TPSA) is 64.6 Å². The Morgan fingerprint density at radius 1 is 1.00 bits per heavy atom. The van der Waals surface area contributed by atoms with Crippen LogP contribution in [0, 0.1) is 13.8 Å². The summed E-state index contributed by atoms with van der Waals surface area (Å²) in [6.07, 6.45) is -1.77. The average Bonchev–Trinajstić information content (AvgIpc) is 2.57. The number of ether oxygens (including phenoxy) is 2. The lowest BCUT2D eigenvalue weighted by atomic mass is 10.2. The lowest BCUT2D eigenvalue weighted by molar-refractivity contribution is -0.159. The Bertz CT molecular complexity index is 806. The Morgan fingerprint density at radius 3 is 2.35 bits per heavy atom. The third-order valence-corrected chi connectivity index (χ3v) is 4.34. The zero-order chi connectivity index (χ0) is 19.3. The van der Waals surface area contributed by atoms with Crippen LogP contribution in [-0.4, -0.2) is 24.1 Å². The highest BCUT2D eigenvalue weighted by molar-refractivity contribution is 9.10. The van der Waals surface area contributed by atoms with Crippen LogP contribution < -0.4 is 10.1 Å². The van der Waals surface area contributed by atoms with Crippen LogP contribution >= 0.6 is 15.9 Å². The molecule has 0 unspecified atom stereocenters. The van der Waals surface area contributed by atoms with Crippen molar-refractivity contribution in [2.45, 2.75) is 39.9 Å². The van der Waals surface area contributed by atoms with Crippen LogP contribution in [0.25, 0.3) is 0 Å². The quantitative estimate of drug-likeness (QED) is 0.704. The van der Waals surface area contributed by atoms with Gasteiger partial charge in [0.15, 0.2) is 12.2 Å². The summed E-state index contributed by atoms with van der Waals surface area (Å²) in [4.78, 5) is 24.4. The number of hydrogen-bond acceptors (Lipinski definition) is 4. The number of aryl methyl sites for hydroxylation is 2. The van der Waals surface area contributed by atoms with Crippen molar-refractivity contribution < 1.29 is 19.1 Å². The molecule has 0 radical (unpaired) electrons. The van der Waals surface area contributed by atoms with Crippen LogP contribution in [0.4, 0.5) is 5.69 Å². The number of hydrogen-bond donors (Lipinski definition) is 1. The molecule has 1 amide bonds. The van der Waals surface area contributed by atoms with Gasteiger partial charge in [-0.25, -0.2) is 4.79 Å². The van der Waals surface area contributed by atoms with Crippen molar-refractivity contribution in [3.8, 4) is 5.75 Å². The highest BCUT2D eigenvalue weighted by atomic mass is 79.9. The van der Waals surface area contributed by atoms with Gasteiger partial charge in [0.05, 0.1) is 5.69 Å². The molecule has 0 heterocycles. The molecule has 0 bridgehead atoms. The first-order valence-electron chi connectivity index (χ1n) is 8.27. The third-order valence-electron chi connectivity index (χ3n) is 3.68. The first-order chi connectivity index (χ1) is 12.3. The highest BCUT2D eigenvalue weighted by Crippen LogP contribution is 2.23. The summed E-state index contributed by atoms with van der Waals surface area (Å²) in [5.41, 5.74) is 2.71. The fraction of sp³-hybridized carbons (Fsp3) is 0.300. The standard InChI is InChI=1S/C20H22BrNO4/c1-12-6-5-7-16(10-12)25-15(4)20(24)26-14(3)19(23)22-18-9-8-13(2)11-17(18)21/h5-11,14-15H,1-4H3,(H,22,23)/t14-,15-/m0/s1. The monoisotopic (exact) mass is 419 g/mol. The molecular weight excluding hydrogens is 398 g/mol. The Hall–Kier alpha value is -2.34. The van der Waals surface area contributed by atoms with Crippen molar-refractivity contribution in [1.29, 1.82) is 0 Å². The number of rotatable bonds is 6. The Kier molecular flexibility index (Phi) is 6.80. The molecule has 0 aliphatic rings. The maximum atomic E-state index is 12.3. The van der Waals surface area contributed by atoms with Crippen molar-refractivity contribution >= 4 is 33.5 Å². The van der Waals surface area contributed by atoms with Crippen molar-refractivity contribution in [1.82, 2.24) is 0 Å². The van der Waals surface area contributed by atoms with E-state index in [2.05, 4.69) is 21.2 Å². The molecule has 26 heavy (non-hydrogen) atoms. The van der Waals surface area contributed by atoms with Crippen molar-refractivity contribution in [3.05, 3.63) is 58.1 Å². The summed E-state index contributed by atoms with van der Waals surface area (Å²) in [6.45, 7) is 7.00. The minimum Gasteiger partial charge on any atom is -0.479 e. The Balaban J connectivity index is 1.91. The van der Waals surface area contributed by atoms with E-state index in [1.54, 1.807) is 19.1 Å². The Labute approximate surface area is 161 Å². The fourth-order valence-corrected chi connectivity index (χ4v) is 2.81. The molecule has 2 rings (SSSR count). The SMILES string of the molecule is Cc1cccc(O[C@@H](C)C(=O)O[C@@H](C)C(=O)Nc2ccc(C)cc2Br)c1. The van der Waals surface area contributed by atoms with Crippen LogP contribution in [0.15, 0.2) is 46.9 Å². The summed E-state index contributed by atoms with van der Waals surface area (Å²) in [5, 5.41) is 2.73. The summed E-state index contributed by atoms with van der Waals surface area (Å²) >= 11 is 3.40. The molecule has 0 fully saturated rings. The zero-order valence-corrected chi connectivity index (χ0v) is 16.8. The van der Waals surface area contributed by atoms with Crippen LogP contribution in [-0.2, 0) is 14.3 Å². The van der Waals surface area contributed by atoms with Gasteiger partial charge in [-0.3, -0.25) is 4.79 Å². The van der Waals surface area contributed by atoms with Gasteiger partial charge in [0.25, 0.3) is 5.91 Å². The summed E-state index contributed by atoms with van der Waals surface area (Å²) in [6, 6.07) is 12.9. The molecule has 2 aromatic rings. The van der Waals surface area contributed by atoms with Crippen molar-refractivity contribution in [2.24, 2.45) is 0 Å². The smallest absolute Gasteiger partial charge is 0.347 e. The number of nitrogens with one attached hydrogen (secondary N) is 1. The average molecular weight is 420 g/mol. The molecule has 0 aliphatic carbocycles. The molecule has 0 aliphatic heterocycles. The highest BCUT2D eigenvalue weighted by Gasteiger charge is 2.23. The predicted molar refractivity (Wildman–Crippen MR) is 104 cm³/mol. The van der Waals surface area contributed by atoms with E-state index in [0.29, 0.717) is 11.4 Å². The predicted octanol–water partition coefficient (Wildman–Crippen LogP) is 4.40. The maximum absolute atomic E-state index is 12.3. The first-order valence-corrected chi connectivity index (χ1v) is 9.06. The van der Waals surface area contributed by atoms with Crippen LogP contribution in [0.2, 0.25) is 0 Å². The van der Waals surface area contributed by atoms with Gasteiger partial charge in [0.1, 0.15) is 5.75 Å². The normalized spacial score (nSPS) is 12.8. The number of benzene rings is 2.